The van der Waals surface area contributed by atoms with Crippen LogP contribution in [0.4, 0.5) is 0 Å². The monoisotopic (exact) mass is 309 g/mol. The van der Waals surface area contributed by atoms with Crippen molar-refractivity contribution in [2.45, 2.75) is 38.3 Å². The van der Waals surface area contributed by atoms with Crippen LogP contribution in [0.3, 0.4) is 0 Å². The second-order valence-corrected chi connectivity index (χ2v) is 6.51. The zero-order valence-corrected chi connectivity index (χ0v) is 13.0. The van der Waals surface area contributed by atoms with Gasteiger partial charge in [0.1, 0.15) is 12.2 Å². The van der Waals surface area contributed by atoms with Crippen molar-refractivity contribution in [3.8, 4) is 0 Å². The Balaban J connectivity index is 1.30. The number of nitrogens with zero attached hydrogens (tertiary/aromatic N) is 7. The van der Waals surface area contributed by atoms with E-state index in [2.05, 4.69) is 31.8 Å². The zero-order valence-electron chi connectivity index (χ0n) is 13.0. The molecule has 118 valence electrons. The molecule has 7 nitrogen and oxygen atoms in total. The third-order valence-electron chi connectivity index (χ3n) is 4.74. The van der Waals surface area contributed by atoms with Crippen LogP contribution >= 0.6 is 0 Å². The van der Waals surface area contributed by atoms with Crippen molar-refractivity contribution < 1.29 is 0 Å². The second kappa shape index (κ2) is 5.13. The van der Waals surface area contributed by atoms with E-state index in [1.807, 2.05) is 6.20 Å². The first-order valence-electron chi connectivity index (χ1n) is 8.29. The van der Waals surface area contributed by atoms with Gasteiger partial charge in [-0.25, -0.2) is 19.2 Å². The van der Waals surface area contributed by atoms with E-state index in [-0.39, 0.29) is 0 Å². The molecular formula is C16H19N7. The largest absolute Gasteiger partial charge is 0.297 e. The number of hydrogen-bond acceptors (Lipinski definition) is 5. The van der Waals surface area contributed by atoms with Crippen LogP contribution in [-0.2, 0) is 19.5 Å². The molecular weight excluding hydrogens is 290 g/mol. The average Bonchev–Trinajstić information content (AvgIpc) is 3.22. The van der Waals surface area contributed by atoms with E-state index in [1.54, 1.807) is 10.8 Å². The first kappa shape index (κ1) is 13.2. The van der Waals surface area contributed by atoms with Crippen molar-refractivity contribution >= 4 is 5.65 Å². The van der Waals surface area contributed by atoms with Gasteiger partial charge in [0.05, 0.1) is 6.54 Å². The molecule has 0 radical (unpaired) electrons. The first-order chi connectivity index (χ1) is 11.3. The second-order valence-electron chi connectivity index (χ2n) is 6.51. The van der Waals surface area contributed by atoms with Crippen molar-refractivity contribution in [2.75, 3.05) is 13.1 Å². The van der Waals surface area contributed by atoms with Crippen molar-refractivity contribution in [1.29, 1.82) is 0 Å². The highest BCUT2D eigenvalue weighted by molar-refractivity contribution is 5.39. The van der Waals surface area contributed by atoms with Gasteiger partial charge in [-0.15, -0.1) is 0 Å². The summed E-state index contributed by atoms with van der Waals surface area (Å²) in [4.78, 5) is 11.5. The SMILES string of the molecule is c1nc2cc(CN3CCc4nc(C5CC5)nn4CC3)ccn2n1. The Kier molecular flexibility index (Phi) is 2.94. The molecule has 0 spiro atoms. The molecule has 7 heteroatoms. The molecule has 0 saturated heterocycles. The van der Waals surface area contributed by atoms with Crippen LogP contribution in [0.15, 0.2) is 24.7 Å². The molecule has 0 N–H and O–H groups in total. The molecule has 3 aromatic rings. The number of aromatic nitrogens is 6. The summed E-state index contributed by atoms with van der Waals surface area (Å²) in [6, 6.07) is 4.23. The molecule has 1 aliphatic heterocycles. The maximum absolute atomic E-state index is 4.75. The lowest BCUT2D eigenvalue weighted by Gasteiger charge is -2.19. The van der Waals surface area contributed by atoms with Gasteiger partial charge in [0.25, 0.3) is 0 Å². The Hall–Kier alpha value is -2.28. The van der Waals surface area contributed by atoms with E-state index < -0.39 is 0 Å². The van der Waals surface area contributed by atoms with Crippen LogP contribution in [0.2, 0.25) is 0 Å². The lowest BCUT2D eigenvalue weighted by Crippen LogP contribution is -2.26. The van der Waals surface area contributed by atoms with Gasteiger partial charge in [0.15, 0.2) is 11.5 Å². The molecule has 1 saturated carbocycles. The third-order valence-corrected chi connectivity index (χ3v) is 4.74. The molecule has 3 aromatic heterocycles. The molecule has 2 aliphatic rings. The van der Waals surface area contributed by atoms with E-state index in [0.717, 1.165) is 49.9 Å². The number of pyridine rings is 1. The van der Waals surface area contributed by atoms with Crippen molar-refractivity contribution in [1.82, 2.24) is 34.3 Å². The third kappa shape index (κ3) is 2.50. The minimum absolute atomic E-state index is 0.639. The van der Waals surface area contributed by atoms with Crippen LogP contribution in [0.25, 0.3) is 5.65 Å². The Morgan fingerprint density at radius 2 is 2.13 bits per heavy atom. The van der Waals surface area contributed by atoms with Crippen molar-refractivity contribution in [2.24, 2.45) is 0 Å². The fourth-order valence-corrected chi connectivity index (χ4v) is 3.25. The summed E-state index contributed by atoms with van der Waals surface area (Å²) < 4.78 is 3.92. The minimum Gasteiger partial charge on any atom is -0.297 e. The first-order valence-corrected chi connectivity index (χ1v) is 8.29. The highest BCUT2D eigenvalue weighted by Crippen LogP contribution is 2.38. The van der Waals surface area contributed by atoms with E-state index in [4.69, 9.17) is 10.1 Å². The normalized spacial score (nSPS) is 19.0. The molecule has 5 rings (SSSR count). The number of hydrogen-bond donors (Lipinski definition) is 0. The number of fused-ring (bicyclic) bond motifs is 2. The predicted octanol–water partition coefficient (Wildman–Crippen LogP) is 1.26. The molecule has 0 amide bonds. The summed E-state index contributed by atoms with van der Waals surface area (Å²) in [5, 5.41) is 8.85. The van der Waals surface area contributed by atoms with Gasteiger partial charge in [0.2, 0.25) is 0 Å². The molecule has 1 fully saturated rings. The Labute approximate surface area is 134 Å². The van der Waals surface area contributed by atoms with Crippen LogP contribution < -0.4 is 0 Å². The van der Waals surface area contributed by atoms with Crippen LogP contribution in [0.5, 0.6) is 0 Å². The molecule has 1 aliphatic carbocycles. The topological polar surface area (TPSA) is 64.1 Å². The summed E-state index contributed by atoms with van der Waals surface area (Å²) in [6.07, 6.45) is 7.07. The van der Waals surface area contributed by atoms with Gasteiger partial charge in [-0.1, -0.05) is 0 Å². The van der Waals surface area contributed by atoms with E-state index in [9.17, 15) is 0 Å². The quantitative estimate of drug-likeness (QED) is 0.729. The summed E-state index contributed by atoms with van der Waals surface area (Å²) in [7, 11) is 0. The Bertz CT molecular complexity index is 820. The fraction of sp³-hybridized carbons (Fsp3) is 0.500. The maximum atomic E-state index is 4.75. The van der Waals surface area contributed by atoms with Gasteiger partial charge in [-0.3, -0.25) is 4.90 Å². The smallest absolute Gasteiger partial charge is 0.155 e. The Morgan fingerprint density at radius 1 is 1.17 bits per heavy atom. The standard InChI is InChI=1S/C16H19N7/c1-2-13(1)16-19-14-4-5-21(7-8-23(14)20-16)10-12-3-6-22-15(9-12)17-11-18-22/h3,6,9,11,13H,1-2,4-5,7-8,10H2. The molecule has 0 aromatic carbocycles. The molecule has 23 heavy (non-hydrogen) atoms. The van der Waals surface area contributed by atoms with E-state index in [1.165, 1.54) is 18.4 Å². The van der Waals surface area contributed by atoms with Gasteiger partial charge in [-0.05, 0) is 30.5 Å². The van der Waals surface area contributed by atoms with Crippen LogP contribution in [0, 0.1) is 0 Å². The molecule has 4 heterocycles. The molecule has 0 unspecified atom stereocenters. The maximum Gasteiger partial charge on any atom is 0.155 e. The fourth-order valence-electron chi connectivity index (χ4n) is 3.25. The van der Waals surface area contributed by atoms with Crippen LogP contribution in [0.1, 0.15) is 36.0 Å². The van der Waals surface area contributed by atoms with Crippen molar-refractivity contribution in [3.63, 3.8) is 0 Å². The van der Waals surface area contributed by atoms with Gasteiger partial charge >= 0.3 is 0 Å². The highest BCUT2D eigenvalue weighted by atomic mass is 15.4. The summed E-state index contributed by atoms with van der Waals surface area (Å²) in [5.41, 5.74) is 2.18. The van der Waals surface area contributed by atoms with Crippen LogP contribution in [-0.4, -0.2) is 47.4 Å². The van der Waals surface area contributed by atoms with Gasteiger partial charge in [0, 0.05) is 38.2 Å². The summed E-state index contributed by atoms with van der Waals surface area (Å²) in [5.74, 6) is 2.87. The predicted molar refractivity (Wildman–Crippen MR) is 84.0 cm³/mol. The zero-order chi connectivity index (χ0) is 15.2. The van der Waals surface area contributed by atoms with Gasteiger partial charge in [-0.2, -0.15) is 10.2 Å². The van der Waals surface area contributed by atoms with Gasteiger partial charge < -0.3 is 0 Å². The molecule has 0 bridgehead atoms. The lowest BCUT2D eigenvalue weighted by atomic mass is 10.2. The minimum atomic E-state index is 0.639. The summed E-state index contributed by atoms with van der Waals surface area (Å²) >= 11 is 0. The lowest BCUT2D eigenvalue weighted by molar-refractivity contribution is 0.268. The van der Waals surface area contributed by atoms with E-state index >= 15 is 0 Å². The van der Waals surface area contributed by atoms with Crippen molar-refractivity contribution in [3.05, 3.63) is 41.9 Å². The van der Waals surface area contributed by atoms with E-state index in [0.29, 0.717) is 5.92 Å². The summed E-state index contributed by atoms with van der Waals surface area (Å²) in [6.45, 7) is 3.91. The number of rotatable bonds is 3. The Morgan fingerprint density at radius 3 is 3.04 bits per heavy atom. The highest BCUT2D eigenvalue weighted by Gasteiger charge is 2.29. The molecule has 0 atom stereocenters. The average molecular weight is 309 g/mol.